The fourth-order valence-electron chi connectivity index (χ4n) is 1.43. The first kappa shape index (κ1) is 12.2. The molecule has 0 radical (unpaired) electrons. The van der Waals surface area contributed by atoms with Gasteiger partial charge in [0.2, 0.25) is 5.95 Å². The first-order valence-electron chi connectivity index (χ1n) is 5.38. The van der Waals surface area contributed by atoms with Crippen LogP contribution in [-0.4, -0.2) is 17.0 Å². The Balaban J connectivity index is 2.13. The third kappa shape index (κ3) is 2.71. The van der Waals surface area contributed by atoms with Crippen LogP contribution in [0.15, 0.2) is 30.5 Å². The predicted octanol–water partition coefficient (Wildman–Crippen LogP) is 2.41. The van der Waals surface area contributed by atoms with E-state index in [0.29, 0.717) is 11.5 Å². The molecule has 2 rings (SSSR count). The van der Waals surface area contributed by atoms with E-state index in [2.05, 4.69) is 20.6 Å². The van der Waals surface area contributed by atoms with Crippen molar-refractivity contribution >= 4 is 11.8 Å². The van der Waals surface area contributed by atoms with Crippen molar-refractivity contribution in [1.29, 1.82) is 0 Å². The fraction of sp³-hybridized carbons (Fsp3) is 0.167. The molecule has 0 atom stereocenters. The van der Waals surface area contributed by atoms with Gasteiger partial charge in [0.05, 0.1) is 6.20 Å². The number of aromatic nitrogens is 2. The smallest absolute Gasteiger partial charge is 0.224 e. The fourth-order valence-corrected chi connectivity index (χ4v) is 1.43. The van der Waals surface area contributed by atoms with Crippen LogP contribution in [0.2, 0.25) is 0 Å². The molecule has 0 fully saturated rings. The highest BCUT2D eigenvalue weighted by Crippen LogP contribution is 2.14. The Hall–Kier alpha value is -2.24. The Labute approximate surface area is 103 Å². The van der Waals surface area contributed by atoms with Crippen molar-refractivity contribution in [2.24, 2.45) is 0 Å². The zero-order valence-electron chi connectivity index (χ0n) is 9.74. The van der Waals surface area contributed by atoms with Crippen molar-refractivity contribution in [2.75, 3.05) is 17.7 Å². The molecular weight excluding hydrogens is 238 g/mol. The Morgan fingerprint density at radius 1 is 1.17 bits per heavy atom. The molecule has 1 heterocycles. The minimum Gasteiger partial charge on any atom is -0.363 e. The second-order valence-corrected chi connectivity index (χ2v) is 3.59. The average molecular weight is 250 g/mol. The monoisotopic (exact) mass is 250 g/mol. The van der Waals surface area contributed by atoms with Crippen molar-refractivity contribution < 1.29 is 8.78 Å². The lowest BCUT2D eigenvalue weighted by Crippen LogP contribution is -2.07. The van der Waals surface area contributed by atoms with E-state index in [4.69, 9.17) is 0 Å². The van der Waals surface area contributed by atoms with Crippen molar-refractivity contribution in [3.8, 4) is 0 Å². The summed E-state index contributed by atoms with van der Waals surface area (Å²) in [6.45, 7) is 0.157. The van der Waals surface area contributed by atoms with Gasteiger partial charge in [-0.2, -0.15) is 4.98 Å². The first-order chi connectivity index (χ1) is 8.70. The Morgan fingerprint density at radius 3 is 2.67 bits per heavy atom. The van der Waals surface area contributed by atoms with Gasteiger partial charge in [0.1, 0.15) is 5.82 Å². The SMILES string of the molecule is CNc1ncc(F)c(NCc2ccccc2F)n1. The number of hydrogen-bond acceptors (Lipinski definition) is 4. The highest BCUT2D eigenvalue weighted by atomic mass is 19.1. The number of hydrogen-bond donors (Lipinski definition) is 2. The summed E-state index contributed by atoms with van der Waals surface area (Å²) < 4.78 is 26.8. The molecular formula is C12H12F2N4. The first-order valence-corrected chi connectivity index (χ1v) is 5.38. The molecule has 94 valence electrons. The maximum absolute atomic E-state index is 13.4. The Bertz CT molecular complexity index is 545. The van der Waals surface area contributed by atoms with Crippen LogP contribution in [0.25, 0.3) is 0 Å². The van der Waals surface area contributed by atoms with Crippen LogP contribution < -0.4 is 10.6 Å². The van der Waals surface area contributed by atoms with Crippen LogP contribution in [-0.2, 0) is 6.54 Å². The van der Waals surface area contributed by atoms with Gasteiger partial charge in [0.25, 0.3) is 0 Å². The number of nitrogens with one attached hydrogen (secondary N) is 2. The molecule has 18 heavy (non-hydrogen) atoms. The van der Waals surface area contributed by atoms with E-state index in [0.717, 1.165) is 6.20 Å². The third-order valence-corrected chi connectivity index (χ3v) is 2.37. The van der Waals surface area contributed by atoms with E-state index in [-0.39, 0.29) is 18.2 Å². The average Bonchev–Trinajstić information content (AvgIpc) is 2.39. The van der Waals surface area contributed by atoms with Gasteiger partial charge in [-0.15, -0.1) is 0 Å². The number of anilines is 2. The number of nitrogens with zero attached hydrogens (tertiary/aromatic N) is 2. The molecule has 6 heteroatoms. The quantitative estimate of drug-likeness (QED) is 0.874. The standard InChI is InChI=1S/C12H12F2N4/c1-15-12-17-7-10(14)11(18-12)16-6-8-4-2-3-5-9(8)13/h2-5,7H,6H2,1H3,(H2,15,16,17,18). The van der Waals surface area contributed by atoms with E-state index < -0.39 is 5.82 Å². The lowest BCUT2D eigenvalue weighted by Gasteiger charge is -2.08. The van der Waals surface area contributed by atoms with E-state index in [1.807, 2.05) is 0 Å². The van der Waals surface area contributed by atoms with Crippen LogP contribution in [0, 0.1) is 11.6 Å². The highest BCUT2D eigenvalue weighted by Gasteiger charge is 2.07. The van der Waals surface area contributed by atoms with Gasteiger partial charge in [-0.05, 0) is 6.07 Å². The van der Waals surface area contributed by atoms with Gasteiger partial charge in [0.15, 0.2) is 11.6 Å². The zero-order chi connectivity index (χ0) is 13.0. The molecule has 2 aromatic rings. The highest BCUT2D eigenvalue weighted by molar-refractivity contribution is 5.41. The molecule has 0 aliphatic heterocycles. The Morgan fingerprint density at radius 2 is 1.94 bits per heavy atom. The molecule has 4 nitrogen and oxygen atoms in total. The summed E-state index contributed by atoms with van der Waals surface area (Å²) in [5, 5.41) is 5.44. The molecule has 0 spiro atoms. The molecule has 0 bridgehead atoms. The van der Waals surface area contributed by atoms with E-state index in [1.54, 1.807) is 25.2 Å². The van der Waals surface area contributed by atoms with Gasteiger partial charge in [0, 0.05) is 19.2 Å². The summed E-state index contributed by atoms with van der Waals surface area (Å²) in [5.41, 5.74) is 0.446. The summed E-state index contributed by atoms with van der Waals surface area (Å²) in [6.07, 6.45) is 1.06. The molecule has 0 saturated carbocycles. The summed E-state index contributed by atoms with van der Waals surface area (Å²) in [6, 6.07) is 6.30. The van der Waals surface area contributed by atoms with Crippen LogP contribution in [0.1, 0.15) is 5.56 Å². The maximum atomic E-state index is 13.4. The van der Waals surface area contributed by atoms with Crippen LogP contribution in [0.5, 0.6) is 0 Å². The normalized spacial score (nSPS) is 10.2. The second-order valence-electron chi connectivity index (χ2n) is 3.59. The van der Waals surface area contributed by atoms with E-state index in [1.165, 1.54) is 6.07 Å². The number of rotatable bonds is 4. The summed E-state index contributed by atoms with van der Waals surface area (Å²) in [7, 11) is 1.63. The molecule has 1 aromatic heterocycles. The zero-order valence-corrected chi connectivity index (χ0v) is 9.74. The van der Waals surface area contributed by atoms with Gasteiger partial charge >= 0.3 is 0 Å². The van der Waals surface area contributed by atoms with Gasteiger partial charge < -0.3 is 10.6 Å². The van der Waals surface area contributed by atoms with Crippen LogP contribution in [0.3, 0.4) is 0 Å². The second kappa shape index (κ2) is 5.39. The molecule has 2 N–H and O–H groups in total. The topological polar surface area (TPSA) is 49.8 Å². The largest absolute Gasteiger partial charge is 0.363 e. The van der Waals surface area contributed by atoms with Crippen molar-refractivity contribution in [2.45, 2.75) is 6.54 Å². The van der Waals surface area contributed by atoms with Crippen molar-refractivity contribution in [3.63, 3.8) is 0 Å². The molecule has 0 saturated heterocycles. The maximum Gasteiger partial charge on any atom is 0.224 e. The molecule has 1 aromatic carbocycles. The van der Waals surface area contributed by atoms with Gasteiger partial charge in [-0.1, -0.05) is 18.2 Å². The lowest BCUT2D eigenvalue weighted by molar-refractivity contribution is 0.607. The molecule has 0 aliphatic rings. The van der Waals surface area contributed by atoms with Gasteiger partial charge in [-0.3, -0.25) is 0 Å². The number of benzene rings is 1. The van der Waals surface area contributed by atoms with Gasteiger partial charge in [-0.25, -0.2) is 13.8 Å². The van der Waals surface area contributed by atoms with E-state index in [9.17, 15) is 8.78 Å². The minimum absolute atomic E-state index is 0.0394. The van der Waals surface area contributed by atoms with Crippen LogP contribution in [0.4, 0.5) is 20.5 Å². The number of halogens is 2. The molecule has 0 unspecified atom stereocenters. The lowest BCUT2D eigenvalue weighted by atomic mass is 10.2. The molecule has 0 amide bonds. The third-order valence-electron chi connectivity index (χ3n) is 2.37. The Kier molecular flexibility index (Phi) is 3.66. The van der Waals surface area contributed by atoms with Crippen molar-refractivity contribution in [1.82, 2.24) is 9.97 Å². The summed E-state index contributed by atoms with van der Waals surface area (Å²) in [4.78, 5) is 7.62. The predicted molar refractivity (Wildman–Crippen MR) is 65.3 cm³/mol. The van der Waals surface area contributed by atoms with Crippen LogP contribution >= 0.6 is 0 Å². The summed E-state index contributed by atoms with van der Waals surface area (Å²) >= 11 is 0. The van der Waals surface area contributed by atoms with E-state index >= 15 is 0 Å². The summed E-state index contributed by atoms with van der Waals surface area (Å²) in [5.74, 6) is -0.580. The molecule has 0 aliphatic carbocycles. The minimum atomic E-state index is -0.578. The van der Waals surface area contributed by atoms with Crippen molar-refractivity contribution in [3.05, 3.63) is 47.7 Å².